The number of carbonyl (C=O) groups excluding carboxylic acids is 1. The van der Waals surface area contributed by atoms with E-state index >= 15 is 0 Å². The van der Waals surface area contributed by atoms with Gasteiger partial charge in [0.05, 0.1) is 15.1 Å². The van der Waals surface area contributed by atoms with Crippen LogP contribution in [-0.4, -0.2) is 30.8 Å². The number of thiazole rings is 1. The van der Waals surface area contributed by atoms with E-state index in [4.69, 9.17) is 11.6 Å². The van der Waals surface area contributed by atoms with Gasteiger partial charge in [-0.25, -0.2) is 18.1 Å². The monoisotopic (exact) mass is 462 g/mol. The van der Waals surface area contributed by atoms with E-state index in [-0.39, 0.29) is 29.3 Å². The first kappa shape index (κ1) is 20.5. The van der Waals surface area contributed by atoms with Crippen molar-refractivity contribution in [3.05, 3.63) is 63.9 Å². The van der Waals surface area contributed by atoms with Crippen molar-refractivity contribution in [2.45, 2.75) is 11.3 Å². The zero-order valence-corrected chi connectivity index (χ0v) is 17.7. The lowest BCUT2D eigenvalue weighted by molar-refractivity contribution is -0.116. The van der Waals surface area contributed by atoms with Crippen LogP contribution in [0.25, 0.3) is 21.1 Å². The van der Waals surface area contributed by atoms with E-state index in [0.29, 0.717) is 21.1 Å². The molecule has 0 saturated heterocycles. The summed E-state index contributed by atoms with van der Waals surface area (Å²) in [4.78, 5) is 30.5. The summed E-state index contributed by atoms with van der Waals surface area (Å²) in [6.45, 7) is -0.0749. The molecule has 11 heteroatoms. The van der Waals surface area contributed by atoms with Gasteiger partial charge >= 0.3 is 0 Å². The SMILES string of the molecule is O=C(CCNS(=O)(=O)c1ccc2[nH]c(=O)ccc2c1)Nc1nc2ccc(Cl)cc2s1. The Morgan fingerprint density at radius 1 is 1.13 bits per heavy atom. The van der Waals surface area contributed by atoms with Crippen molar-refractivity contribution in [1.29, 1.82) is 0 Å². The summed E-state index contributed by atoms with van der Waals surface area (Å²) in [6.07, 6.45) is -0.0587. The molecule has 0 aliphatic rings. The molecule has 2 heterocycles. The summed E-state index contributed by atoms with van der Waals surface area (Å²) in [5.41, 5.74) is 0.995. The lowest BCUT2D eigenvalue weighted by atomic mass is 10.2. The normalized spacial score (nSPS) is 11.8. The van der Waals surface area contributed by atoms with E-state index in [9.17, 15) is 18.0 Å². The molecule has 0 fully saturated rings. The highest BCUT2D eigenvalue weighted by Crippen LogP contribution is 2.28. The lowest BCUT2D eigenvalue weighted by Gasteiger charge is -2.07. The first-order valence-corrected chi connectivity index (χ1v) is 11.5. The Morgan fingerprint density at radius 2 is 1.97 bits per heavy atom. The van der Waals surface area contributed by atoms with Crippen LogP contribution < -0.4 is 15.6 Å². The second kappa shape index (κ2) is 8.15. The molecule has 0 spiro atoms. The minimum Gasteiger partial charge on any atom is -0.322 e. The second-order valence-corrected chi connectivity index (χ2v) is 9.63. The number of aromatic amines is 1. The molecule has 0 unspecified atom stereocenters. The fourth-order valence-corrected chi connectivity index (χ4v) is 5.04. The molecule has 8 nitrogen and oxygen atoms in total. The summed E-state index contributed by atoms with van der Waals surface area (Å²) in [5.74, 6) is -0.362. The van der Waals surface area contributed by atoms with Crippen LogP contribution in [0.2, 0.25) is 5.02 Å². The first-order chi connectivity index (χ1) is 14.3. The fraction of sp³-hybridized carbons (Fsp3) is 0.105. The van der Waals surface area contributed by atoms with E-state index in [0.717, 1.165) is 10.2 Å². The number of H-pyrrole nitrogens is 1. The van der Waals surface area contributed by atoms with E-state index in [1.807, 2.05) is 0 Å². The predicted octanol–water partition coefficient (Wildman–Crippen LogP) is 3.10. The number of aromatic nitrogens is 2. The summed E-state index contributed by atoms with van der Waals surface area (Å²) in [6, 6.07) is 12.5. The standard InChI is InChI=1S/C19H15ClN4O4S2/c20-12-2-4-15-16(10-12)29-19(23-15)24-18(26)7-8-21-30(27,28)13-3-5-14-11(9-13)1-6-17(25)22-14/h1-6,9-10,21H,7-8H2,(H,22,25)(H,23,24,26). The topological polar surface area (TPSA) is 121 Å². The van der Waals surface area contributed by atoms with Crippen molar-refractivity contribution in [3.63, 3.8) is 0 Å². The van der Waals surface area contributed by atoms with Crippen LogP contribution in [0.3, 0.4) is 0 Å². The zero-order valence-electron chi connectivity index (χ0n) is 15.3. The van der Waals surface area contributed by atoms with Gasteiger partial charge in [0, 0.05) is 29.6 Å². The maximum absolute atomic E-state index is 12.5. The summed E-state index contributed by atoms with van der Waals surface area (Å²) >= 11 is 7.23. The number of halogens is 1. The number of anilines is 1. The van der Waals surface area contributed by atoms with Gasteiger partial charge in [0.1, 0.15) is 0 Å². The molecule has 154 valence electrons. The van der Waals surface area contributed by atoms with Crippen LogP contribution in [0, 0.1) is 0 Å². The van der Waals surface area contributed by atoms with Crippen LogP contribution in [0.1, 0.15) is 6.42 Å². The molecule has 4 aromatic rings. The highest BCUT2D eigenvalue weighted by molar-refractivity contribution is 7.89. The maximum atomic E-state index is 12.5. The number of amides is 1. The van der Waals surface area contributed by atoms with Crippen molar-refractivity contribution in [2.75, 3.05) is 11.9 Å². The number of hydrogen-bond donors (Lipinski definition) is 3. The molecule has 0 saturated carbocycles. The number of fused-ring (bicyclic) bond motifs is 2. The van der Waals surface area contributed by atoms with Gasteiger partial charge in [0.2, 0.25) is 21.5 Å². The molecule has 1 amide bonds. The molecule has 0 radical (unpaired) electrons. The Kier molecular flexibility index (Phi) is 5.56. The van der Waals surface area contributed by atoms with E-state index in [2.05, 4.69) is 20.0 Å². The number of hydrogen-bond acceptors (Lipinski definition) is 6. The van der Waals surface area contributed by atoms with Gasteiger partial charge in [-0.3, -0.25) is 9.59 Å². The highest BCUT2D eigenvalue weighted by atomic mass is 35.5. The molecule has 2 aromatic carbocycles. The summed E-state index contributed by atoms with van der Waals surface area (Å²) in [7, 11) is -3.81. The van der Waals surface area contributed by atoms with Crippen LogP contribution in [0.5, 0.6) is 0 Å². The molecular formula is C19H15ClN4O4S2. The Labute approximate surface area is 180 Å². The quantitative estimate of drug-likeness (QED) is 0.406. The fourth-order valence-electron chi connectivity index (χ4n) is 2.82. The minimum absolute atomic E-state index is 0.0468. The number of rotatable bonds is 6. The number of carbonyl (C=O) groups is 1. The molecule has 2 aromatic heterocycles. The Hall–Kier alpha value is -2.79. The van der Waals surface area contributed by atoms with E-state index in [1.54, 1.807) is 24.3 Å². The number of sulfonamides is 1. The first-order valence-electron chi connectivity index (χ1n) is 8.79. The third-order valence-corrected chi connectivity index (χ3v) is 6.87. The Bertz CT molecular complexity index is 1430. The third kappa shape index (κ3) is 4.51. The lowest BCUT2D eigenvalue weighted by Crippen LogP contribution is -2.27. The Morgan fingerprint density at radius 3 is 2.80 bits per heavy atom. The summed E-state index contributed by atoms with van der Waals surface area (Å²) < 4.78 is 28.2. The van der Waals surface area contributed by atoms with Gasteiger partial charge < -0.3 is 10.3 Å². The number of nitrogens with one attached hydrogen (secondary N) is 3. The van der Waals surface area contributed by atoms with E-state index < -0.39 is 10.0 Å². The molecule has 0 bridgehead atoms. The molecule has 4 rings (SSSR count). The predicted molar refractivity (Wildman–Crippen MR) is 118 cm³/mol. The number of pyridine rings is 1. The van der Waals surface area contributed by atoms with Crippen molar-refractivity contribution in [3.8, 4) is 0 Å². The molecule has 0 aliphatic carbocycles. The van der Waals surface area contributed by atoms with Crippen LogP contribution in [0.15, 0.2) is 58.2 Å². The average Bonchev–Trinajstić information content (AvgIpc) is 3.08. The molecule has 0 atom stereocenters. The highest BCUT2D eigenvalue weighted by Gasteiger charge is 2.15. The smallest absolute Gasteiger partial charge is 0.248 e. The van der Waals surface area contributed by atoms with Gasteiger partial charge in [-0.15, -0.1) is 0 Å². The minimum atomic E-state index is -3.81. The van der Waals surface area contributed by atoms with Crippen molar-refractivity contribution in [2.24, 2.45) is 0 Å². The van der Waals surface area contributed by atoms with Crippen molar-refractivity contribution in [1.82, 2.24) is 14.7 Å². The maximum Gasteiger partial charge on any atom is 0.248 e. The third-order valence-electron chi connectivity index (χ3n) is 4.25. The zero-order chi connectivity index (χ0) is 21.3. The number of nitrogens with zero attached hydrogens (tertiary/aromatic N) is 1. The molecule has 30 heavy (non-hydrogen) atoms. The van der Waals surface area contributed by atoms with Crippen molar-refractivity contribution >= 4 is 65.1 Å². The van der Waals surface area contributed by atoms with Crippen LogP contribution in [-0.2, 0) is 14.8 Å². The molecule has 0 aliphatic heterocycles. The second-order valence-electron chi connectivity index (χ2n) is 6.40. The van der Waals surface area contributed by atoms with Gasteiger partial charge in [0.25, 0.3) is 0 Å². The average molecular weight is 463 g/mol. The van der Waals surface area contributed by atoms with Gasteiger partial charge in [-0.05, 0) is 47.9 Å². The van der Waals surface area contributed by atoms with Crippen LogP contribution >= 0.6 is 22.9 Å². The van der Waals surface area contributed by atoms with Gasteiger partial charge in [0.15, 0.2) is 5.13 Å². The molecule has 3 N–H and O–H groups in total. The summed E-state index contributed by atoms with van der Waals surface area (Å²) in [5, 5.41) is 4.25. The van der Waals surface area contributed by atoms with Crippen LogP contribution in [0.4, 0.5) is 5.13 Å². The van der Waals surface area contributed by atoms with Gasteiger partial charge in [-0.1, -0.05) is 22.9 Å². The number of benzene rings is 2. The largest absolute Gasteiger partial charge is 0.322 e. The van der Waals surface area contributed by atoms with Gasteiger partial charge in [-0.2, -0.15) is 0 Å². The van der Waals surface area contributed by atoms with Crippen molar-refractivity contribution < 1.29 is 13.2 Å². The molecular weight excluding hydrogens is 448 g/mol. The Balaban J connectivity index is 1.38. The van der Waals surface area contributed by atoms with E-state index in [1.165, 1.54) is 35.6 Å².